The Morgan fingerprint density at radius 2 is 1.61 bits per heavy atom. The van der Waals surface area contributed by atoms with Gasteiger partial charge in [0.15, 0.2) is 0 Å². The molecule has 0 aliphatic carbocycles. The minimum atomic E-state index is 0.206. The maximum Gasteiger partial charge on any atom is 0.0474 e. The highest BCUT2D eigenvalue weighted by Crippen LogP contribution is 2.33. The summed E-state index contributed by atoms with van der Waals surface area (Å²) in [4.78, 5) is 7.62. The van der Waals surface area contributed by atoms with Crippen molar-refractivity contribution in [2.24, 2.45) is 5.73 Å². The molecule has 4 nitrogen and oxygen atoms in total. The molecule has 2 aliphatic heterocycles. The molecule has 4 unspecified atom stereocenters. The predicted molar refractivity (Wildman–Crippen MR) is 76.8 cm³/mol. The van der Waals surface area contributed by atoms with Crippen LogP contribution < -0.4 is 5.73 Å². The van der Waals surface area contributed by atoms with E-state index in [0.717, 1.165) is 26.2 Å². The van der Waals surface area contributed by atoms with Gasteiger partial charge in [0.25, 0.3) is 0 Å². The van der Waals surface area contributed by atoms with E-state index in [1.54, 1.807) is 0 Å². The second-order valence-electron chi connectivity index (χ2n) is 6.67. The molecule has 0 aromatic heterocycles. The van der Waals surface area contributed by atoms with Crippen LogP contribution in [0.4, 0.5) is 0 Å². The van der Waals surface area contributed by atoms with Gasteiger partial charge in [0, 0.05) is 49.8 Å². The van der Waals surface area contributed by atoms with Crippen LogP contribution in [0.25, 0.3) is 0 Å². The van der Waals surface area contributed by atoms with E-state index in [9.17, 15) is 0 Å². The first-order valence-electron chi connectivity index (χ1n) is 7.27. The van der Waals surface area contributed by atoms with E-state index in [2.05, 4.69) is 49.6 Å². The zero-order valence-electron chi connectivity index (χ0n) is 12.7. The third-order valence-corrected chi connectivity index (χ3v) is 5.38. The van der Waals surface area contributed by atoms with E-state index >= 15 is 0 Å². The minimum absolute atomic E-state index is 0.206. The fourth-order valence-electron chi connectivity index (χ4n) is 3.69. The van der Waals surface area contributed by atoms with Crippen LogP contribution in [0.1, 0.15) is 27.2 Å². The molecule has 4 atom stereocenters. The average molecular weight is 254 g/mol. The lowest BCUT2D eigenvalue weighted by molar-refractivity contribution is -0.00521. The van der Waals surface area contributed by atoms with Gasteiger partial charge < -0.3 is 10.6 Å². The van der Waals surface area contributed by atoms with Crippen LogP contribution in [0.5, 0.6) is 0 Å². The molecule has 106 valence electrons. The quantitative estimate of drug-likeness (QED) is 0.775. The van der Waals surface area contributed by atoms with Crippen LogP contribution in [0.15, 0.2) is 0 Å². The molecule has 2 saturated heterocycles. The van der Waals surface area contributed by atoms with E-state index in [0.29, 0.717) is 18.1 Å². The van der Waals surface area contributed by atoms with Gasteiger partial charge >= 0.3 is 0 Å². The molecule has 0 amide bonds. The highest BCUT2D eigenvalue weighted by atomic mass is 15.4. The zero-order valence-corrected chi connectivity index (χ0v) is 12.7. The summed E-state index contributed by atoms with van der Waals surface area (Å²) in [6, 6.07) is 1.90. The average Bonchev–Trinajstić information content (AvgIpc) is 2.63. The fraction of sp³-hybridized carbons (Fsp3) is 1.00. The molecular formula is C14H30N4. The lowest BCUT2D eigenvalue weighted by Gasteiger charge is -2.50. The van der Waals surface area contributed by atoms with Crippen molar-refractivity contribution >= 4 is 0 Å². The van der Waals surface area contributed by atoms with Crippen LogP contribution in [0.2, 0.25) is 0 Å². The van der Waals surface area contributed by atoms with Gasteiger partial charge in [0.05, 0.1) is 0 Å². The fourth-order valence-corrected chi connectivity index (χ4v) is 3.69. The van der Waals surface area contributed by atoms with Gasteiger partial charge in [-0.25, -0.2) is 0 Å². The lowest BCUT2D eigenvalue weighted by atomic mass is 9.91. The Kier molecular flexibility index (Phi) is 4.02. The molecular weight excluding hydrogens is 224 g/mol. The molecule has 0 radical (unpaired) electrons. The van der Waals surface area contributed by atoms with Crippen molar-refractivity contribution in [2.45, 2.75) is 50.9 Å². The Balaban J connectivity index is 2.14. The van der Waals surface area contributed by atoms with E-state index in [1.165, 1.54) is 6.42 Å². The number of hydrogen-bond donors (Lipinski definition) is 1. The smallest absolute Gasteiger partial charge is 0.0474 e. The summed E-state index contributed by atoms with van der Waals surface area (Å²) in [5.74, 6) is 0. The molecule has 0 saturated carbocycles. The van der Waals surface area contributed by atoms with Crippen molar-refractivity contribution in [3.05, 3.63) is 0 Å². The highest BCUT2D eigenvalue weighted by molar-refractivity contribution is 5.05. The largest absolute Gasteiger partial charge is 0.329 e. The van der Waals surface area contributed by atoms with Gasteiger partial charge in [0.2, 0.25) is 0 Å². The number of piperazine rings is 1. The molecule has 2 N–H and O–H groups in total. The van der Waals surface area contributed by atoms with Gasteiger partial charge in [-0.2, -0.15) is 0 Å². The molecule has 0 bridgehead atoms. The standard InChI is InChI=1S/C14H30N4/c1-11-6-14(9-15,10-16(11)4)18-7-12(2)17(5)13(3)8-18/h11-13H,6-10,15H2,1-5H3. The number of likely N-dealkylation sites (N-methyl/N-ethyl adjacent to an activating group) is 2. The minimum Gasteiger partial charge on any atom is -0.329 e. The topological polar surface area (TPSA) is 35.7 Å². The van der Waals surface area contributed by atoms with Gasteiger partial charge in [-0.15, -0.1) is 0 Å². The first-order valence-corrected chi connectivity index (χ1v) is 7.27. The lowest BCUT2D eigenvalue weighted by Crippen LogP contribution is -2.65. The number of nitrogens with two attached hydrogens (primary N) is 1. The summed E-state index contributed by atoms with van der Waals surface area (Å²) < 4.78 is 0. The van der Waals surface area contributed by atoms with Gasteiger partial charge in [0.1, 0.15) is 0 Å². The highest BCUT2D eigenvalue weighted by Gasteiger charge is 2.46. The number of likely N-dealkylation sites (tertiary alicyclic amines) is 1. The maximum atomic E-state index is 6.17. The Bertz CT molecular complexity index is 272. The summed E-state index contributed by atoms with van der Waals surface area (Å²) in [6.07, 6.45) is 1.21. The summed E-state index contributed by atoms with van der Waals surface area (Å²) in [7, 11) is 4.47. The Morgan fingerprint density at radius 1 is 1.06 bits per heavy atom. The molecule has 18 heavy (non-hydrogen) atoms. The van der Waals surface area contributed by atoms with Crippen LogP contribution in [-0.4, -0.2) is 78.6 Å². The Labute approximate surface area is 112 Å². The maximum absolute atomic E-state index is 6.17. The SMILES string of the molecule is CC1CC(CN)(N2CC(C)N(C)C(C)C2)CN1C. The molecule has 0 aromatic rings. The van der Waals surface area contributed by atoms with E-state index < -0.39 is 0 Å². The molecule has 0 spiro atoms. The second-order valence-corrected chi connectivity index (χ2v) is 6.67. The summed E-state index contributed by atoms with van der Waals surface area (Å²) in [5.41, 5.74) is 6.37. The van der Waals surface area contributed by atoms with Gasteiger partial charge in [-0.1, -0.05) is 0 Å². The Hall–Kier alpha value is -0.160. The van der Waals surface area contributed by atoms with Crippen molar-refractivity contribution in [1.82, 2.24) is 14.7 Å². The Morgan fingerprint density at radius 3 is 2.00 bits per heavy atom. The summed E-state index contributed by atoms with van der Waals surface area (Å²) in [5, 5.41) is 0. The van der Waals surface area contributed by atoms with Crippen molar-refractivity contribution in [3.8, 4) is 0 Å². The summed E-state index contributed by atoms with van der Waals surface area (Å²) >= 11 is 0. The number of hydrogen-bond acceptors (Lipinski definition) is 4. The van der Waals surface area contributed by atoms with Crippen LogP contribution in [0.3, 0.4) is 0 Å². The number of nitrogens with zero attached hydrogens (tertiary/aromatic N) is 3. The normalized spacial score (nSPS) is 44.7. The van der Waals surface area contributed by atoms with Crippen LogP contribution in [0, 0.1) is 0 Å². The van der Waals surface area contributed by atoms with Crippen molar-refractivity contribution in [1.29, 1.82) is 0 Å². The van der Waals surface area contributed by atoms with Crippen LogP contribution >= 0.6 is 0 Å². The van der Waals surface area contributed by atoms with E-state index in [-0.39, 0.29) is 5.54 Å². The predicted octanol–water partition coefficient (Wildman–Crippen LogP) is 0.432. The summed E-state index contributed by atoms with van der Waals surface area (Å²) in [6.45, 7) is 11.2. The zero-order chi connectivity index (χ0) is 13.5. The van der Waals surface area contributed by atoms with Crippen molar-refractivity contribution in [3.63, 3.8) is 0 Å². The molecule has 2 heterocycles. The second kappa shape index (κ2) is 5.08. The molecule has 2 aliphatic rings. The molecule has 0 aromatic carbocycles. The first kappa shape index (κ1) is 14.3. The molecule has 2 rings (SSSR count). The first-order chi connectivity index (χ1) is 8.39. The monoisotopic (exact) mass is 254 g/mol. The van der Waals surface area contributed by atoms with Crippen LogP contribution in [-0.2, 0) is 0 Å². The van der Waals surface area contributed by atoms with Gasteiger partial charge in [-0.3, -0.25) is 9.80 Å². The molecule has 4 heteroatoms. The third kappa shape index (κ3) is 2.31. The number of rotatable bonds is 2. The third-order valence-electron chi connectivity index (χ3n) is 5.38. The van der Waals surface area contributed by atoms with E-state index in [4.69, 9.17) is 5.73 Å². The van der Waals surface area contributed by atoms with Crippen molar-refractivity contribution in [2.75, 3.05) is 40.3 Å². The van der Waals surface area contributed by atoms with Gasteiger partial charge in [-0.05, 0) is 41.3 Å². The molecule has 2 fully saturated rings. The van der Waals surface area contributed by atoms with Crippen molar-refractivity contribution < 1.29 is 0 Å². The van der Waals surface area contributed by atoms with E-state index in [1.807, 2.05) is 0 Å².